The van der Waals surface area contributed by atoms with Gasteiger partial charge < -0.3 is 19.0 Å². The van der Waals surface area contributed by atoms with Crippen molar-refractivity contribution in [2.24, 2.45) is 5.92 Å². The van der Waals surface area contributed by atoms with Crippen LogP contribution in [0.15, 0.2) is 95.9 Å². The quantitative estimate of drug-likeness (QED) is 0.354. The van der Waals surface area contributed by atoms with Crippen molar-refractivity contribution in [2.75, 3.05) is 26.1 Å². The number of hydrogen-bond acceptors (Lipinski definition) is 6. The second kappa shape index (κ2) is 12.5. The van der Waals surface area contributed by atoms with Crippen molar-refractivity contribution in [3.63, 3.8) is 0 Å². The molecule has 0 unspecified atom stereocenters. The van der Waals surface area contributed by atoms with Gasteiger partial charge in [-0.2, -0.15) is 0 Å². The second-order valence-corrected chi connectivity index (χ2v) is 17.5. The van der Waals surface area contributed by atoms with Gasteiger partial charge in [0.05, 0.1) is 29.5 Å². The Morgan fingerprint density at radius 3 is 1.82 bits per heavy atom. The van der Waals surface area contributed by atoms with Gasteiger partial charge in [0.25, 0.3) is 8.32 Å². The average molecular weight is 569 g/mol. The Bertz CT molecular complexity index is 1240. The van der Waals surface area contributed by atoms with E-state index in [2.05, 4.69) is 69.3 Å². The third kappa shape index (κ3) is 6.21. The lowest BCUT2D eigenvalue weighted by Gasteiger charge is -2.43. The number of hydrogen-bond donors (Lipinski definition) is 1. The molecule has 6 nitrogen and oxygen atoms in total. The van der Waals surface area contributed by atoms with Crippen LogP contribution in [0.25, 0.3) is 0 Å². The molecule has 1 N–H and O–H groups in total. The Labute approximate surface area is 234 Å². The van der Waals surface area contributed by atoms with E-state index in [0.717, 1.165) is 0 Å². The monoisotopic (exact) mass is 568 g/mol. The van der Waals surface area contributed by atoms with Gasteiger partial charge in [-0.15, -0.1) is 0 Å². The lowest BCUT2D eigenvalue weighted by atomic mass is 9.96. The molecular weight excluding hydrogens is 528 g/mol. The summed E-state index contributed by atoms with van der Waals surface area (Å²) in [6.07, 6.45) is -1.09. The maximum atomic E-state index is 13.3. The first kappa shape index (κ1) is 29.6. The van der Waals surface area contributed by atoms with Crippen LogP contribution in [0.4, 0.5) is 0 Å². The summed E-state index contributed by atoms with van der Waals surface area (Å²) in [5.74, 6) is -0.573. The molecule has 0 spiro atoms. The standard InChI is InChI=1S/C31H40O6SSi/c1-31(2,3)39(25-16-10-6-11-17-25,26-18-12-7-13-19-26)36-21-20-28-27(30(35-4)29(22-32)37-28)23-38(33,34)24-14-8-5-9-15-24/h5-19,27-30,32H,20-23H2,1-4H3/t27-,28-,29+,30+/m0/s1. The van der Waals surface area contributed by atoms with Crippen molar-refractivity contribution in [1.29, 1.82) is 0 Å². The van der Waals surface area contributed by atoms with Gasteiger partial charge in [0.1, 0.15) is 6.10 Å². The first-order valence-electron chi connectivity index (χ1n) is 13.5. The van der Waals surface area contributed by atoms with E-state index in [1.807, 2.05) is 12.1 Å². The molecule has 1 heterocycles. The summed E-state index contributed by atoms with van der Waals surface area (Å²) in [6.45, 7) is 6.82. The number of ether oxygens (including phenoxy) is 2. The molecule has 210 valence electrons. The van der Waals surface area contributed by atoms with Crippen LogP contribution in [-0.2, 0) is 23.7 Å². The van der Waals surface area contributed by atoms with Crippen molar-refractivity contribution in [3.8, 4) is 0 Å². The molecular formula is C31H40O6SSi. The minimum absolute atomic E-state index is 0.129. The maximum absolute atomic E-state index is 13.3. The van der Waals surface area contributed by atoms with Gasteiger partial charge in [0.15, 0.2) is 9.84 Å². The summed E-state index contributed by atoms with van der Waals surface area (Å²) in [5.41, 5.74) is 0. The number of methoxy groups -OCH3 is 1. The zero-order chi connectivity index (χ0) is 28.1. The van der Waals surface area contributed by atoms with Crippen LogP contribution >= 0.6 is 0 Å². The SMILES string of the molecule is CO[C@@H]1[C@@H](CS(=O)(=O)c2ccccc2)[C@H](CCO[Si](c2ccccc2)(c2ccccc2)C(C)(C)C)O[C@@H]1CO. The van der Waals surface area contributed by atoms with E-state index in [1.165, 1.54) is 10.4 Å². The Hall–Kier alpha value is -2.33. The number of aliphatic hydroxyl groups is 1. The van der Waals surface area contributed by atoms with Crippen molar-refractivity contribution >= 4 is 28.5 Å². The highest BCUT2D eigenvalue weighted by molar-refractivity contribution is 7.91. The lowest BCUT2D eigenvalue weighted by Crippen LogP contribution is -2.66. The molecule has 1 fully saturated rings. The third-order valence-electron chi connectivity index (χ3n) is 7.72. The molecule has 1 saturated heterocycles. The van der Waals surface area contributed by atoms with E-state index in [4.69, 9.17) is 13.9 Å². The number of rotatable bonds is 11. The molecule has 1 aliphatic rings. The Morgan fingerprint density at radius 1 is 0.846 bits per heavy atom. The summed E-state index contributed by atoms with van der Waals surface area (Å²) >= 11 is 0. The molecule has 3 aromatic rings. The summed E-state index contributed by atoms with van der Waals surface area (Å²) in [4.78, 5) is 0.273. The van der Waals surface area contributed by atoms with Crippen LogP contribution in [0, 0.1) is 5.92 Å². The fourth-order valence-electron chi connectivity index (χ4n) is 5.92. The predicted octanol–water partition coefficient (Wildman–Crippen LogP) is 3.82. The molecule has 0 saturated carbocycles. The van der Waals surface area contributed by atoms with E-state index >= 15 is 0 Å². The molecule has 1 aliphatic heterocycles. The van der Waals surface area contributed by atoms with Crippen LogP contribution in [0.2, 0.25) is 5.04 Å². The molecule has 3 aromatic carbocycles. The molecule has 0 aromatic heterocycles. The van der Waals surface area contributed by atoms with Crippen LogP contribution in [-0.4, -0.2) is 66.2 Å². The fraction of sp³-hybridized carbons (Fsp3) is 0.419. The highest BCUT2D eigenvalue weighted by atomic mass is 32.2. The van der Waals surface area contributed by atoms with Gasteiger partial charge in [0.2, 0.25) is 0 Å². The molecule has 8 heteroatoms. The minimum Gasteiger partial charge on any atom is -0.407 e. The normalized spacial score (nSPS) is 22.2. The van der Waals surface area contributed by atoms with Crippen molar-refractivity contribution in [2.45, 2.75) is 55.4 Å². The Morgan fingerprint density at radius 2 is 1.36 bits per heavy atom. The molecule has 39 heavy (non-hydrogen) atoms. The zero-order valence-electron chi connectivity index (χ0n) is 23.2. The molecule has 0 amide bonds. The van der Waals surface area contributed by atoms with E-state index < -0.39 is 42.4 Å². The zero-order valence-corrected chi connectivity index (χ0v) is 25.0. The fourth-order valence-corrected chi connectivity index (χ4v) is 12.2. The third-order valence-corrected chi connectivity index (χ3v) is 14.6. The molecule has 0 aliphatic carbocycles. The van der Waals surface area contributed by atoms with Crippen molar-refractivity contribution in [1.82, 2.24) is 0 Å². The van der Waals surface area contributed by atoms with Crippen LogP contribution in [0.3, 0.4) is 0 Å². The van der Waals surface area contributed by atoms with Crippen LogP contribution < -0.4 is 10.4 Å². The summed E-state index contributed by atoms with van der Waals surface area (Å²) < 4.78 is 45.6. The molecule has 4 atom stereocenters. The smallest absolute Gasteiger partial charge is 0.261 e. The van der Waals surface area contributed by atoms with E-state index in [9.17, 15) is 13.5 Å². The maximum Gasteiger partial charge on any atom is 0.261 e. The number of benzene rings is 3. The highest BCUT2D eigenvalue weighted by Gasteiger charge is 2.51. The van der Waals surface area contributed by atoms with Crippen molar-refractivity contribution < 1.29 is 27.4 Å². The first-order chi connectivity index (χ1) is 18.6. The predicted molar refractivity (Wildman–Crippen MR) is 157 cm³/mol. The number of sulfone groups is 1. The second-order valence-electron chi connectivity index (χ2n) is 11.2. The van der Waals surface area contributed by atoms with Gasteiger partial charge in [-0.1, -0.05) is 99.6 Å². The summed E-state index contributed by atoms with van der Waals surface area (Å²) in [5, 5.41) is 12.2. The summed E-state index contributed by atoms with van der Waals surface area (Å²) in [6, 6.07) is 29.3. The first-order valence-corrected chi connectivity index (χ1v) is 17.0. The molecule has 0 radical (unpaired) electrons. The van der Waals surface area contributed by atoms with Crippen LogP contribution in [0.1, 0.15) is 27.2 Å². The lowest BCUT2D eigenvalue weighted by molar-refractivity contribution is -0.0374. The number of aliphatic hydroxyl groups excluding tert-OH is 1. The van der Waals surface area contributed by atoms with E-state index in [1.54, 1.807) is 37.4 Å². The topological polar surface area (TPSA) is 82.1 Å². The van der Waals surface area contributed by atoms with Gasteiger partial charge in [-0.25, -0.2) is 8.42 Å². The van der Waals surface area contributed by atoms with E-state index in [-0.39, 0.29) is 22.3 Å². The van der Waals surface area contributed by atoms with Gasteiger partial charge in [-0.05, 0) is 34.0 Å². The largest absolute Gasteiger partial charge is 0.407 e. The Kier molecular flexibility index (Phi) is 9.47. The van der Waals surface area contributed by atoms with Gasteiger partial charge in [0, 0.05) is 19.6 Å². The van der Waals surface area contributed by atoms with Gasteiger partial charge in [-0.3, -0.25) is 0 Å². The average Bonchev–Trinajstić information content (AvgIpc) is 3.27. The van der Waals surface area contributed by atoms with Crippen LogP contribution in [0.5, 0.6) is 0 Å². The molecule has 4 rings (SSSR count). The molecule has 0 bridgehead atoms. The van der Waals surface area contributed by atoms with E-state index in [0.29, 0.717) is 13.0 Å². The van der Waals surface area contributed by atoms with Crippen molar-refractivity contribution in [3.05, 3.63) is 91.0 Å². The summed E-state index contributed by atoms with van der Waals surface area (Å²) in [7, 11) is -4.79. The van der Waals surface area contributed by atoms with Gasteiger partial charge >= 0.3 is 0 Å². The highest BCUT2D eigenvalue weighted by Crippen LogP contribution is 2.38. The Balaban J connectivity index is 1.62. The minimum atomic E-state index is -3.59.